The molecule has 1 N–H and O–H groups in total. The summed E-state index contributed by atoms with van der Waals surface area (Å²) in [6, 6.07) is 13.9. The summed E-state index contributed by atoms with van der Waals surface area (Å²) >= 11 is 13.1. The van der Waals surface area contributed by atoms with Crippen LogP contribution in [-0.2, 0) is 11.2 Å². The zero-order valence-corrected chi connectivity index (χ0v) is 32.7. The summed E-state index contributed by atoms with van der Waals surface area (Å²) in [6.45, 7) is 3.34. The highest BCUT2D eigenvalue weighted by Crippen LogP contribution is 2.54. The largest absolute Gasteiger partial charge is 0.573 e. The zero-order valence-electron chi connectivity index (χ0n) is 31.2. The van der Waals surface area contributed by atoms with Crippen LogP contribution >= 0.6 is 23.2 Å². The van der Waals surface area contributed by atoms with E-state index in [-0.39, 0.29) is 75.5 Å². The number of halogens is 7. The van der Waals surface area contributed by atoms with Crippen LogP contribution in [0.1, 0.15) is 61.1 Å². The maximum Gasteiger partial charge on any atom is 0.573 e. The third-order valence-corrected chi connectivity index (χ3v) is 13.8. The van der Waals surface area contributed by atoms with Crippen molar-refractivity contribution < 1.29 is 31.5 Å². The number of ether oxygens (including phenoxy) is 1. The van der Waals surface area contributed by atoms with Gasteiger partial charge < -0.3 is 24.4 Å². The summed E-state index contributed by atoms with van der Waals surface area (Å²) in [6.07, 6.45) is -1.34. The lowest BCUT2D eigenvalue weighted by Crippen LogP contribution is -2.45. The van der Waals surface area contributed by atoms with E-state index in [9.17, 15) is 23.2 Å². The Morgan fingerprint density at radius 3 is 2.55 bits per heavy atom. The Bertz CT molecular complexity index is 2570. The number of fused-ring (bicyclic) bond motifs is 6. The van der Waals surface area contributed by atoms with Crippen molar-refractivity contribution in [1.82, 2.24) is 19.8 Å². The van der Waals surface area contributed by atoms with Crippen LogP contribution in [0.2, 0.25) is 10.0 Å². The second-order valence-electron chi connectivity index (χ2n) is 16.5. The van der Waals surface area contributed by atoms with Crippen LogP contribution < -0.4 is 15.0 Å². The minimum Gasteiger partial charge on any atom is -0.406 e. The average molecular weight is 836 g/mol. The monoisotopic (exact) mass is 834 g/mol. The van der Waals surface area contributed by atoms with E-state index in [0.29, 0.717) is 47.6 Å². The Labute approximate surface area is 340 Å². The lowest BCUT2D eigenvalue weighted by molar-refractivity contribution is -0.274. The molecule has 4 aliphatic heterocycles. The van der Waals surface area contributed by atoms with Crippen molar-refractivity contribution >= 4 is 56.6 Å². The number of anilines is 1. The van der Waals surface area contributed by atoms with Gasteiger partial charge >= 0.3 is 6.36 Å². The average Bonchev–Trinajstić information content (AvgIpc) is 3.45. The summed E-state index contributed by atoms with van der Waals surface area (Å²) < 4.78 is 78.1. The van der Waals surface area contributed by atoms with Gasteiger partial charge in [-0.1, -0.05) is 35.3 Å². The number of alkyl halides is 3. The van der Waals surface area contributed by atoms with Crippen molar-refractivity contribution in [2.24, 2.45) is 17.8 Å². The highest BCUT2D eigenvalue weighted by atomic mass is 35.5. The van der Waals surface area contributed by atoms with Crippen molar-refractivity contribution in [2.75, 3.05) is 24.5 Å². The molecule has 8 nitrogen and oxygen atoms in total. The molecule has 6 atom stereocenters. The third kappa shape index (κ3) is 6.00. The normalized spacial score (nSPS) is 25.1. The molecule has 0 spiro atoms. The lowest BCUT2D eigenvalue weighted by atomic mass is 9.79. The van der Waals surface area contributed by atoms with Crippen LogP contribution in [0.3, 0.4) is 0 Å². The number of carbonyl (C=O) groups excluding carboxylic acids is 1. The van der Waals surface area contributed by atoms with E-state index in [1.54, 1.807) is 18.2 Å². The number of nitriles is 1. The first-order valence-electron chi connectivity index (χ1n) is 19.6. The standard InChI is InChI=1S/C43H37Cl2F5N6O2/c1-20-28-16-34(40-24-12-25(55(40)42(57)21-7-8-21)19-54(18-24)33-10-9-26(15-31(33)46)58-43(48,49)50)56(39-23-14-32(39)52-17-23)41(28)29-13-22(4-3-11-51)35(37(47)38(29)53-20)27-5-2-6-30(44)36(27)45/h2,5-6,9-10,13,15-16,21,23-25,32,39-40,52H,3-4,7-8,12,14,17-19H2,1H3/t23-,24+,25-,32-,39+,40-/m1/s1. The molecular formula is C43H37Cl2F5N6O2. The summed E-state index contributed by atoms with van der Waals surface area (Å²) in [5, 5.41) is 15.2. The fourth-order valence-electron chi connectivity index (χ4n) is 10.4. The van der Waals surface area contributed by atoms with Crippen LogP contribution in [0.4, 0.5) is 27.6 Å². The van der Waals surface area contributed by atoms with Crippen molar-refractivity contribution in [2.45, 2.75) is 76.0 Å². The summed E-state index contributed by atoms with van der Waals surface area (Å²) in [7, 11) is 0. The number of pyridine rings is 1. The molecule has 6 fully saturated rings. The first-order valence-corrected chi connectivity index (χ1v) is 20.4. The molecule has 11 rings (SSSR count). The number of aromatic nitrogens is 2. The lowest BCUT2D eigenvalue weighted by Gasteiger charge is -2.40. The number of piperidine rings is 1. The van der Waals surface area contributed by atoms with E-state index >= 15 is 8.78 Å². The molecule has 4 saturated heterocycles. The van der Waals surface area contributed by atoms with Crippen LogP contribution in [0, 0.1) is 47.6 Å². The van der Waals surface area contributed by atoms with Crippen molar-refractivity contribution in [1.29, 1.82) is 5.26 Å². The molecule has 0 unspecified atom stereocenters. The number of benzene rings is 3. The van der Waals surface area contributed by atoms with Gasteiger partial charge in [0.15, 0.2) is 5.82 Å². The van der Waals surface area contributed by atoms with E-state index < -0.39 is 29.8 Å². The number of hydrogen-bond donors (Lipinski definition) is 1. The number of rotatable bonds is 8. The van der Waals surface area contributed by atoms with E-state index in [1.807, 2.05) is 22.8 Å². The summed E-state index contributed by atoms with van der Waals surface area (Å²) in [5.41, 5.74) is 3.90. The minimum atomic E-state index is -4.96. The number of likely N-dealkylation sites (tertiary alicyclic amines) is 1. The van der Waals surface area contributed by atoms with Gasteiger partial charge in [-0.05, 0) is 80.8 Å². The van der Waals surface area contributed by atoms with Gasteiger partial charge in [0, 0.05) is 83.3 Å². The number of aryl methyl sites for hydroxylation is 2. The van der Waals surface area contributed by atoms with Crippen molar-refractivity contribution in [3.05, 3.63) is 87.2 Å². The Hall–Kier alpha value is -4.64. The second kappa shape index (κ2) is 13.7. The van der Waals surface area contributed by atoms with Gasteiger partial charge in [-0.2, -0.15) is 5.26 Å². The van der Waals surface area contributed by atoms with Crippen LogP contribution in [0.15, 0.2) is 48.5 Å². The summed E-state index contributed by atoms with van der Waals surface area (Å²) in [5.74, 6) is -1.96. The van der Waals surface area contributed by atoms with E-state index in [1.165, 1.54) is 6.07 Å². The van der Waals surface area contributed by atoms with Gasteiger partial charge in [-0.3, -0.25) is 4.79 Å². The molecule has 6 aliphatic rings. The number of nitrogens with one attached hydrogen (secondary N) is 1. The second-order valence-corrected chi connectivity index (χ2v) is 17.2. The number of nitrogens with zero attached hydrogens (tertiary/aromatic N) is 5. The van der Waals surface area contributed by atoms with Crippen molar-refractivity contribution in [3.63, 3.8) is 0 Å². The number of carbonyl (C=O) groups is 1. The molecule has 5 aromatic rings. The molecule has 1 amide bonds. The number of amides is 1. The maximum atomic E-state index is 17.3. The Morgan fingerprint density at radius 2 is 1.86 bits per heavy atom. The molecule has 3 aromatic carbocycles. The summed E-state index contributed by atoms with van der Waals surface area (Å²) in [4.78, 5) is 23.1. The van der Waals surface area contributed by atoms with Gasteiger partial charge in [0.25, 0.3) is 0 Å². The smallest absolute Gasteiger partial charge is 0.406 e. The molecule has 15 heteroatoms. The predicted molar refractivity (Wildman–Crippen MR) is 210 cm³/mol. The van der Waals surface area contributed by atoms with Gasteiger partial charge in [-0.15, -0.1) is 13.2 Å². The fourth-order valence-corrected chi connectivity index (χ4v) is 10.8. The third-order valence-electron chi connectivity index (χ3n) is 13.0. The predicted octanol–water partition coefficient (Wildman–Crippen LogP) is 9.83. The number of hydrogen-bond acceptors (Lipinski definition) is 6. The van der Waals surface area contributed by atoms with Gasteiger partial charge in [0.05, 0.1) is 45.4 Å². The molecule has 2 aromatic heterocycles. The minimum absolute atomic E-state index is 0.0122. The highest BCUT2D eigenvalue weighted by molar-refractivity contribution is 6.43. The van der Waals surface area contributed by atoms with Crippen LogP contribution in [0.25, 0.3) is 32.9 Å². The molecule has 6 heterocycles. The van der Waals surface area contributed by atoms with Crippen molar-refractivity contribution in [3.8, 4) is 22.9 Å². The fraction of sp³-hybridized carbons (Fsp3) is 0.419. The molecule has 300 valence electrons. The zero-order chi connectivity index (χ0) is 40.4. The topological polar surface area (TPSA) is 86.4 Å². The maximum absolute atomic E-state index is 17.3. The Kier molecular flexibility index (Phi) is 8.89. The molecule has 2 saturated carbocycles. The quantitative estimate of drug-likeness (QED) is 0.157. The van der Waals surface area contributed by atoms with Crippen LogP contribution in [0.5, 0.6) is 5.75 Å². The van der Waals surface area contributed by atoms with E-state index in [2.05, 4.69) is 26.8 Å². The molecular weight excluding hydrogens is 798 g/mol. The van der Waals surface area contributed by atoms with Gasteiger partial charge in [-0.25, -0.2) is 13.8 Å². The Balaban J connectivity index is 1.16. The first kappa shape index (κ1) is 37.6. The Morgan fingerprint density at radius 1 is 1.05 bits per heavy atom. The van der Waals surface area contributed by atoms with Gasteiger partial charge in [0.1, 0.15) is 17.1 Å². The SMILES string of the molecule is Cc1nc2c(F)c(-c3cccc(Cl)c3Cl)c(CCC#N)cc2c2c1cc([C@H]1[C@H]3C[C@H](CN(c4ccc(OC(F)(F)F)cc4F)C3)N1C(=O)C1CC1)n2[C@H]1[C@H]2CN[C@@H]1C2. The molecule has 0 radical (unpaired) electrons. The first-order chi connectivity index (χ1) is 27.8. The van der Waals surface area contributed by atoms with Gasteiger partial charge in [0.2, 0.25) is 5.91 Å². The van der Waals surface area contributed by atoms with Crippen LogP contribution in [-0.4, -0.2) is 58.4 Å². The molecule has 2 aliphatic carbocycles. The molecule has 4 bridgehead atoms. The van der Waals surface area contributed by atoms with E-state index in [4.69, 9.17) is 28.2 Å². The van der Waals surface area contributed by atoms with E-state index in [0.717, 1.165) is 54.5 Å². The highest BCUT2D eigenvalue weighted by Gasteiger charge is 2.55. The molecule has 58 heavy (non-hydrogen) atoms.